The lowest BCUT2D eigenvalue weighted by Crippen LogP contribution is -2.64. The SMILES string of the molecule is COc1cc(C=CC(=O)OC2C(O)C(CO)OC2(CO)OC2OC(COC(=O)c3ccccc3)C(OC(=O)c3ccccc3)C(O)C2O)ccc1OC1OC(C)C(OC2OC(CO)C(O)C(O)C2O)C(O)C1O. The Balaban J connectivity index is 1.02. The van der Waals surface area contributed by atoms with Crippen molar-refractivity contribution in [2.75, 3.05) is 33.5 Å². The highest BCUT2D eigenvalue weighted by atomic mass is 16.8. The van der Waals surface area contributed by atoms with Gasteiger partial charge in [0.25, 0.3) is 0 Å². The standard InChI is InChI=1S/C48H58O25/c1-22-40(71-46-37(58)34(55)32(53)28(18-49)67-46)35(56)38(59)45(65-22)66-26-15-13-23(17-27(26)63-2)14-16-31(52)69-42-33(54)29(19-50)72-48(42,21-51)73-47-39(60)36(57)41(70-44(62)25-11-7-4-8-12-25)30(68-47)20-64-43(61)24-9-5-3-6-10-24/h3-17,22,28-30,32-42,45-47,49-51,53-60H,18-21H2,1-2H3. The van der Waals surface area contributed by atoms with E-state index in [-0.39, 0.29) is 28.2 Å². The zero-order chi connectivity index (χ0) is 52.7. The van der Waals surface area contributed by atoms with E-state index in [1.807, 2.05) is 0 Å². The molecule has 25 heteroatoms. The van der Waals surface area contributed by atoms with Gasteiger partial charge in [-0.2, -0.15) is 0 Å². The Morgan fingerprint density at radius 1 is 0.616 bits per heavy atom. The Bertz CT molecular complexity index is 2320. The summed E-state index contributed by atoms with van der Waals surface area (Å²) in [6.45, 7) is -2.08. The summed E-state index contributed by atoms with van der Waals surface area (Å²) in [6, 6.07) is 19.6. The maximum absolute atomic E-state index is 13.4. The van der Waals surface area contributed by atoms with E-state index in [1.54, 1.807) is 36.4 Å². The van der Waals surface area contributed by atoms with Gasteiger partial charge in [-0.05, 0) is 55.0 Å². The molecule has 0 amide bonds. The first-order chi connectivity index (χ1) is 34.9. The van der Waals surface area contributed by atoms with Gasteiger partial charge in [-0.25, -0.2) is 14.4 Å². The first-order valence-electron chi connectivity index (χ1n) is 22.9. The lowest BCUT2D eigenvalue weighted by atomic mass is 9.97. The minimum atomic E-state index is -2.61. The Hall–Kier alpha value is -5.27. The highest BCUT2D eigenvalue weighted by Crippen LogP contribution is 2.39. The number of hydrogen-bond donors (Lipinski definition) is 11. The van der Waals surface area contributed by atoms with Crippen molar-refractivity contribution >= 4 is 24.0 Å². The number of aliphatic hydroxyl groups excluding tert-OH is 11. The Morgan fingerprint density at radius 2 is 1.22 bits per heavy atom. The molecule has 4 fully saturated rings. The highest BCUT2D eigenvalue weighted by molar-refractivity contribution is 5.90. The molecule has 3 aromatic rings. The van der Waals surface area contributed by atoms with Crippen molar-refractivity contribution < 1.29 is 123 Å². The highest BCUT2D eigenvalue weighted by Gasteiger charge is 2.61. The van der Waals surface area contributed by atoms with Crippen molar-refractivity contribution in [3.63, 3.8) is 0 Å². The van der Waals surface area contributed by atoms with Crippen LogP contribution in [0.25, 0.3) is 6.08 Å². The van der Waals surface area contributed by atoms with Crippen LogP contribution in [0.3, 0.4) is 0 Å². The van der Waals surface area contributed by atoms with Crippen molar-refractivity contribution in [3.05, 3.63) is 102 Å². The van der Waals surface area contributed by atoms with Crippen molar-refractivity contribution in [2.24, 2.45) is 0 Å². The van der Waals surface area contributed by atoms with Gasteiger partial charge in [0, 0.05) is 6.08 Å². The molecule has 0 saturated carbocycles. The maximum atomic E-state index is 13.4. The number of carbonyl (C=O) groups excluding carboxylic acids is 3. The molecular formula is C48H58O25. The van der Waals surface area contributed by atoms with Gasteiger partial charge in [-0.15, -0.1) is 0 Å². The third kappa shape index (κ3) is 12.3. The number of ether oxygens (including phenoxy) is 11. The van der Waals surface area contributed by atoms with Crippen LogP contribution in [0.2, 0.25) is 0 Å². The Labute approximate surface area is 415 Å². The number of aliphatic hydroxyl groups is 11. The monoisotopic (exact) mass is 1030 g/mol. The average molecular weight is 1030 g/mol. The smallest absolute Gasteiger partial charge is 0.338 e. The molecule has 0 aliphatic carbocycles. The number of benzene rings is 3. The zero-order valence-electron chi connectivity index (χ0n) is 39.0. The molecule has 19 atom stereocenters. The van der Waals surface area contributed by atoms with Gasteiger partial charge in [-0.3, -0.25) is 0 Å². The van der Waals surface area contributed by atoms with Gasteiger partial charge >= 0.3 is 17.9 Å². The fourth-order valence-electron chi connectivity index (χ4n) is 8.44. The summed E-state index contributed by atoms with van der Waals surface area (Å²) in [7, 11) is 1.28. The number of esters is 3. The van der Waals surface area contributed by atoms with E-state index in [4.69, 9.17) is 52.1 Å². The first kappa shape index (κ1) is 55.5. The minimum absolute atomic E-state index is 0.0142. The van der Waals surface area contributed by atoms with E-state index in [1.165, 1.54) is 62.6 Å². The zero-order valence-corrected chi connectivity index (χ0v) is 39.0. The molecule has 400 valence electrons. The van der Waals surface area contributed by atoms with Crippen LogP contribution in [0.5, 0.6) is 11.5 Å². The van der Waals surface area contributed by atoms with Gasteiger partial charge in [0.2, 0.25) is 12.1 Å². The van der Waals surface area contributed by atoms with E-state index >= 15 is 0 Å². The topological polar surface area (TPSA) is 375 Å². The summed E-state index contributed by atoms with van der Waals surface area (Å²) < 4.78 is 62.2. The van der Waals surface area contributed by atoms with Crippen molar-refractivity contribution in [2.45, 2.75) is 123 Å². The number of carbonyl (C=O) groups is 3. The molecule has 4 aliphatic rings. The lowest BCUT2D eigenvalue weighted by molar-refractivity contribution is -0.383. The fourth-order valence-corrected chi connectivity index (χ4v) is 8.44. The molecule has 4 heterocycles. The van der Waals surface area contributed by atoms with E-state index in [0.717, 1.165) is 6.08 Å². The largest absolute Gasteiger partial charge is 0.493 e. The average Bonchev–Trinajstić information content (AvgIpc) is 3.66. The Morgan fingerprint density at radius 3 is 1.85 bits per heavy atom. The van der Waals surface area contributed by atoms with Crippen LogP contribution in [0.15, 0.2) is 84.9 Å². The molecule has 0 bridgehead atoms. The predicted molar refractivity (Wildman–Crippen MR) is 239 cm³/mol. The normalized spacial score (nSPS) is 36.6. The molecule has 73 heavy (non-hydrogen) atoms. The molecule has 7 rings (SSSR count). The molecule has 0 spiro atoms. The van der Waals surface area contributed by atoms with Crippen molar-refractivity contribution in [3.8, 4) is 11.5 Å². The summed E-state index contributed by atoms with van der Waals surface area (Å²) in [5.41, 5.74) is 0.489. The van der Waals surface area contributed by atoms with Crippen LogP contribution in [-0.4, -0.2) is 224 Å². The number of methoxy groups -OCH3 is 1. The molecule has 4 saturated heterocycles. The van der Waals surface area contributed by atoms with Crippen LogP contribution in [0.1, 0.15) is 33.2 Å². The van der Waals surface area contributed by atoms with Crippen LogP contribution in [-0.2, 0) is 47.4 Å². The number of rotatable bonds is 18. The molecule has 0 radical (unpaired) electrons. The van der Waals surface area contributed by atoms with Gasteiger partial charge in [0.15, 0.2) is 36.3 Å². The number of hydrogen-bond acceptors (Lipinski definition) is 25. The van der Waals surface area contributed by atoms with E-state index < -0.39 is 161 Å². The fraction of sp³-hybridized carbons (Fsp3) is 0.521. The third-order valence-electron chi connectivity index (χ3n) is 12.5. The van der Waals surface area contributed by atoms with Crippen LogP contribution >= 0.6 is 0 Å². The van der Waals surface area contributed by atoms with E-state index in [9.17, 15) is 70.6 Å². The summed E-state index contributed by atoms with van der Waals surface area (Å²) in [5, 5.41) is 117. The molecule has 3 aromatic carbocycles. The summed E-state index contributed by atoms with van der Waals surface area (Å²) in [4.78, 5) is 39.5. The second kappa shape index (κ2) is 24.4. The van der Waals surface area contributed by atoms with Gasteiger partial charge < -0.3 is 108 Å². The van der Waals surface area contributed by atoms with E-state index in [0.29, 0.717) is 0 Å². The quantitative estimate of drug-likeness (QED) is 0.0337. The second-order valence-corrected chi connectivity index (χ2v) is 17.3. The van der Waals surface area contributed by atoms with Gasteiger partial charge in [0.05, 0.1) is 37.6 Å². The second-order valence-electron chi connectivity index (χ2n) is 17.3. The van der Waals surface area contributed by atoms with Gasteiger partial charge in [0.1, 0.15) is 86.5 Å². The summed E-state index contributed by atoms with van der Waals surface area (Å²) in [5.74, 6) is -5.52. The lowest BCUT2D eigenvalue weighted by Gasteiger charge is -2.45. The molecule has 0 aromatic heterocycles. The predicted octanol–water partition coefficient (Wildman–Crippen LogP) is -3.36. The molecule has 25 nitrogen and oxygen atoms in total. The molecule has 19 unspecified atom stereocenters. The summed E-state index contributed by atoms with van der Waals surface area (Å²) >= 11 is 0. The molecule has 11 N–H and O–H groups in total. The maximum Gasteiger partial charge on any atom is 0.338 e. The third-order valence-corrected chi connectivity index (χ3v) is 12.5. The van der Waals surface area contributed by atoms with Crippen LogP contribution < -0.4 is 9.47 Å². The minimum Gasteiger partial charge on any atom is -0.493 e. The first-order valence-corrected chi connectivity index (χ1v) is 22.9. The van der Waals surface area contributed by atoms with Crippen LogP contribution in [0.4, 0.5) is 0 Å². The molecular weight excluding hydrogens is 977 g/mol. The van der Waals surface area contributed by atoms with Crippen molar-refractivity contribution in [1.82, 2.24) is 0 Å². The summed E-state index contributed by atoms with van der Waals surface area (Å²) in [6.07, 6.45) is -28.3. The molecule has 4 aliphatic heterocycles. The van der Waals surface area contributed by atoms with Crippen LogP contribution in [0, 0.1) is 0 Å². The van der Waals surface area contributed by atoms with Gasteiger partial charge in [-0.1, -0.05) is 42.5 Å². The van der Waals surface area contributed by atoms with E-state index in [2.05, 4.69) is 0 Å². The Kier molecular flexibility index (Phi) is 18.5. The van der Waals surface area contributed by atoms with Crippen molar-refractivity contribution in [1.29, 1.82) is 0 Å².